The molecule has 1 aliphatic rings. The molecule has 1 atom stereocenters. The SMILES string of the molecule is CN1CCC(CN(C)C(=O)Br)C1. The number of carbonyl (C=O) groups is 1. The van der Waals surface area contributed by atoms with Crippen molar-refractivity contribution < 1.29 is 4.79 Å². The van der Waals surface area contributed by atoms with E-state index < -0.39 is 0 Å². The van der Waals surface area contributed by atoms with Crippen molar-refractivity contribution in [2.24, 2.45) is 5.92 Å². The smallest absolute Gasteiger partial charge is 0.289 e. The Kier molecular flexibility index (Phi) is 3.53. The van der Waals surface area contributed by atoms with Gasteiger partial charge < -0.3 is 9.80 Å². The average Bonchev–Trinajstić information content (AvgIpc) is 2.35. The lowest BCUT2D eigenvalue weighted by Crippen LogP contribution is -2.28. The Bertz CT molecular complexity index is 174. The third-order valence-electron chi connectivity index (χ3n) is 2.32. The van der Waals surface area contributed by atoms with Crippen LogP contribution in [0.3, 0.4) is 0 Å². The lowest BCUT2D eigenvalue weighted by atomic mass is 10.1. The largest absolute Gasteiger partial charge is 0.336 e. The highest BCUT2D eigenvalue weighted by molar-refractivity contribution is 9.18. The zero-order valence-corrected chi connectivity index (χ0v) is 9.17. The second kappa shape index (κ2) is 4.23. The number of amides is 1. The van der Waals surface area contributed by atoms with Crippen molar-refractivity contribution in [3.05, 3.63) is 0 Å². The molecule has 1 rings (SSSR count). The first kappa shape index (κ1) is 9.99. The van der Waals surface area contributed by atoms with E-state index in [0.717, 1.165) is 19.6 Å². The van der Waals surface area contributed by atoms with Crippen LogP contribution >= 0.6 is 15.9 Å². The Hall–Kier alpha value is -0.0900. The summed E-state index contributed by atoms with van der Waals surface area (Å²) in [5.74, 6) is 0.654. The van der Waals surface area contributed by atoms with Crippen molar-refractivity contribution in [2.75, 3.05) is 33.7 Å². The van der Waals surface area contributed by atoms with Gasteiger partial charge in [-0.05, 0) is 25.9 Å². The van der Waals surface area contributed by atoms with Gasteiger partial charge in [0.2, 0.25) is 0 Å². The van der Waals surface area contributed by atoms with E-state index >= 15 is 0 Å². The molecule has 0 saturated carbocycles. The summed E-state index contributed by atoms with van der Waals surface area (Å²) in [7, 11) is 3.95. The molecular weight excluding hydrogens is 220 g/mol. The lowest BCUT2D eigenvalue weighted by Gasteiger charge is -2.18. The Labute approximate surface area is 81.8 Å². The van der Waals surface area contributed by atoms with Gasteiger partial charge in [0.25, 0.3) is 4.82 Å². The van der Waals surface area contributed by atoms with Crippen LogP contribution in [0.2, 0.25) is 0 Å². The van der Waals surface area contributed by atoms with E-state index in [1.54, 1.807) is 4.90 Å². The maximum absolute atomic E-state index is 10.8. The molecule has 0 aromatic heterocycles. The monoisotopic (exact) mass is 234 g/mol. The minimum absolute atomic E-state index is 0.0166. The van der Waals surface area contributed by atoms with Gasteiger partial charge in [-0.1, -0.05) is 0 Å². The fourth-order valence-corrected chi connectivity index (χ4v) is 1.78. The fraction of sp³-hybridized carbons (Fsp3) is 0.875. The van der Waals surface area contributed by atoms with E-state index in [2.05, 4.69) is 27.9 Å². The van der Waals surface area contributed by atoms with Gasteiger partial charge in [-0.2, -0.15) is 0 Å². The molecule has 12 heavy (non-hydrogen) atoms. The molecular formula is C8H15BrN2O. The summed E-state index contributed by atoms with van der Waals surface area (Å²) >= 11 is 2.94. The summed E-state index contributed by atoms with van der Waals surface area (Å²) in [6, 6.07) is 0. The summed E-state index contributed by atoms with van der Waals surface area (Å²) in [4.78, 5) is 14.9. The Morgan fingerprint density at radius 3 is 2.83 bits per heavy atom. The molecule has 0 spiro atoms. The molecule has 0 bridgehead atoms. The maximum Gasteiger partial charge on any atom is 0.289 e. The van der Waals surface area contributed by atoms with Crippen molar-refractivity contribution in [1.29, 1.82) is 0 Å². The molecule has 1 heterocycles. The van der Waals surface area contributed by atoms with Gasteiger partial charge >= 0.3 is 0 Å². The van der Waals surface area contributed by atoms with Crippen LogP contribution in [0, 0.1) is 5.92 Å². The summed E-state index contributed by atoms with van der Waals surface area (Å²) in [5.41, 5.74) is 0. The first-order chi connectivity index (χ1) is 5.59. The van der Waals surface area contributed by atoms with Crippen molar-refractivity contribution in [2.45, 2.75) is 6.42 Å². The van der Waals surface area contributed by atoms with Gasteiger partial charge in [0.1, 0.15) is 0 Å². The topological polar surface area (TPSA) is 23.6 Å². The number of carbonyl (C=O) groups excluding carboxylic acids is 1. The van der Waals surface area contributed by atoms with Gasteiger partial charge in [-0.15, -0.1) is 0 Å². The van der Waals surface area contributed by atoms with Crippen LogP contribution in [0.5, 0.6) is 0 Å². The molecule has 70 valence electrons. The summed E-state index contributed by atoms with van der Waals surface area (Å²) in [5, 5.41) is 0. The molecule has 1 unspecified atom stereocenters. The molecule has 1 aliphatic heterocycles. The number of hydrogen-bond acceptors (Lipinski definition) is 2. The van der Waals surface area contributed by atoms with E-state index in [0.29, 0.717) is 5.92 Å². The predicted molar refractivity (Wildman–Crippen MR) is 52.6 cm³/mol. The normalized spacial score (nSPS) is 24.4. The van der Waals surface area contributed by atoms with Crippen LogP contribution in [0.1, 0.15) is 6.42 Å². The van der Waals surface area contributed by atoms with Gasteiger partial charge in [0.05, 0.1) is 0 Å². The third-order valence-corrected chi connectivity index (χ3v) is 2.93. The van der Waals surface area contributed by atoms with Gasteiger partial charge in [-0.25, -0.2) is 0 Å². The van der Waals surface area contributed by atoms with E-state index in [1.807, 2.05) is 7.05 Å². The van der Waals surface area contributed by atoms with Crippen molar-refractivity contribution in [3.8, 4) is 0 Å². The molecule has 0 aliphatic carbocycles. The second-order valence-electron chi connectivity index (χ2n) is 3.55. The molecule has 0 radical (unpaired) electrons. The van der Waals surface area contributed by atoms with E-state index in [-0.39, 0.29) is 4.82 Å². The Morgan fingerprint density at radius 1 is 1.75 bits per heavy atom. The highest BCUT2D eigenvalue weighted by Gasteiger charge is 2.21. The molecule has 3 nitrogen and oxygen atoms in total. The lowest BCUT2D eigenvalue weighted by molar-refractivity contribution is 0.226. The average molecular weight is 235 g/mol. The third kappa shape index (κ3) is 2.75. The Morgan fingerprint density at radius 2 is 2.42 bits per heavy atom. The van der Waals surface area contributed by atoms with Gasteiger partial charge in [-0.3, -0.25) is 4.79 Å². The number of halogens is 1. The first-order valence-corrected chi connectivity index (χ1v) is 4.98. The zero-order chi connectivity index (χ0) is 9.14. The zero-order valence-electron chi connectivity index (χ0n) is 7.59. The maximum atomic E-state index is 10.8. The molecule has 1 fully saturated rings. The highest BCUT2D eigenvalue weighted by atomic mass is 79.9. The molecule has 0 N–H and O–H groups in total. The van der Waals surface area contributed by atoms with Crippen LogP contribution in [0.15, 0.2) is 0 Å². The fourth-order valence-electron chi connectivity index (χ4n) is 1.63. The van der Waals surface area contributed by atoms with Gasteiger partial charge in [0, 0.05) is 36.1 Å². The van der Waals surface area contributed by atoms with Crippen LogP contribution in [0.4, 0.5) is 4.79 Å². The quantitative estimate of drug-likeness (QED) is 0.533. The number of hydrogen-bond donors (Lipinski definition) is 0. The van der Waals surface area contributed by atoms with Crippen molar-refractivity contribution in [3.63, 3.8) is 0 Å². The van der Waals surface area contributed by atoms with Crippen LogP contribution in [-0.4, -0.2) is 48.3 Å². The van der Waals surface area contributed by atoms with Gasteiger partial charge in [0.15, 0.2) is 0 Å². The minimum atomic E-state index is -0.0166. The summed E-state index contributed by atoms with van der Waals surface area (Å²) in [6.45, 7) is 3.15. The van der Waals surface area contributed by atoms with E-state index in [9.17, 15) is 4.79 Å². The van der Waals surface area contributed by atoms with E-state index in [1.165, 1.54) is 6.42 Å². The number of nitrogens with zero attached hydrogens (tertiary/aromatic N) is 2. The minimum Gasteiger partial charge on any atom is -0.336 e. The summed E-state index contributed by atoms with van der Waals surface area (Å²) < 4.78 is 0. The second-order valence-corrected chi connectivity index (χ2v) is 4.23. The van der Waals surface area contributed by atoms with Crippen molar-refractivity contribution in [1.82, 2.24) is 9.80 Å². The molecule has 1 amide bonds. The molecule has 0 aromatic carbocycles. The Balaban J connectivity index is 2.27. The molecule has 0 aromatic rings. The van der Waals surface area contributed by atoms with Crippen LogP contribution in [-0.2, 0) is 0 Å². The van der Waals surface area contributed by atoms with Crippen LogP contribution in [0.25, 0.3) is 0 Å². The van der Waals surface area contributed by atoms with E-state index in [4.69, 9.17) is 0 Å². The predicted octanol–water partition coefficient (Wildman–Crippen LogP) is 1.38. The molecule has 4 heteroatoms. The first-order valence-electron chi connectivity index (χ1n) is 4.18. The van der Waals surface area contributed by atoms with Crippen molar-refractivity contribution >= 4 is 20.7 Å². The highest BCUT2D eigenvalue weighted by Crippen LogP contribution is 2.15. The summed E-state index contributed by atoms with van der Waals surface area (Å²) in [6.07, 6.45) is 1.21. The standard InChI is InChI=1S/C8H15BrN2O/c1-10-4-3-7(5-10)6-11(2)8(9)12/h7H,3-6H2,1-2H3. The number of likely N-dealkylation sites (tertiary alicyclic amines) is 1. The van der Waals surface area contributed by atoms with Crippen LogP contribution < -0.4 is 0 Å². The molecule has 1 saturated heterocycles. The number of rotatable bonds is 2.